The van der Waals surface area contributed by atoms with Crippen molar-refractivity contribution in [3.8, 4) is 0 Å². The fraction of sp³-hybridized carbons (Fsp3) is 0.833. The largest absolute Gasteiger partial charge is 0.458 e. The topological polar surface area (TPSA) is 87.0 Å². The van der Waals surface area contributed by atoms with Crippen LogP contribution in [0.25, 0.3) is 0 Å². The number of carbonyl (C=O) groups is 1. The van der Waals surface area contributed by atoms with Gasteiger partial charge in [0, 0.05) is 18.3 Å². The Morgan fingerprint density at radius 3 is 2.39 bits per heavy atom. The zero-order chi connectivity index (χ0) is 17.7. The maximum absolute atomic E-state index is 11.4. The van der Waals surface area contributed by atoms with Crippen molar-refractivity contribution in [2.45, 2.75) is 71.5 Å². The summed E-state index contributed by atoms with van der Waals surface area (Å²) in [7, 11) is 0. The highest BCUT2D eigenvalue weighted by Gasteiger charge is 2.57. The van der Waals surface area contributed by atoms with Crippen LogP contribution in [0.1, 0.15) is 59.8 Å². The first-order chi connectivity index (χ1) is 10.8. The summed E-state index contributed by atoms with van der Waals surface area (Å²) >= 11 is 0. The average molecular weight is 328 g/mol. The van der Waals surface area contributed by atoms with Gasteiger partial charge in [0.2, 0.25) is 0 Å². The van der Waals surface area contributed by atoms with Crippen LogP contribution in [-0.4, -0.2) is 46.2 Å². The Morgan fingerprint density at radius 2 is 1.96 bits per heavy atom. The minimum absolute atomic E-state index is 0.115. The third-order valence-electron chi connectivity index (χ3n) is 5.50. The highest BCUT2D eigenvalue weighted by molar-refractivity contribution is 5.66. The van der Waals surface area contributed by atoms with Crippen molar-refractivity contribution in [1.82, 2.24) is 0 Å². The third kappa shape index (κ3) is 3.78. The molecule has 5 nitrogen and oxygen atoms in total. The number of rotatable bonds is 8. The van der Waals surface area contributed by atoms with Gasteiger partial charge in [0.05, 0.1) is 13.2 Å². The molecule has 1 aliphatic rings. The monoisotopic (exact) mass is 328 g/mol. The summed E-state index contributed by atoms with van der Waals surface area (Å²) in [5.41, 5.74) is -1.82. The van der Waals surface area contributed by atoms with Gasteiger partial charge in [-0.1, -0.05) is 40.0 Å². The number of hydrogen-bond acceptors (Lipinski definition) is 5. The number of aliphatic hydroxyl groups is 3. The Balaban J connectivity index is 3.32. The van der Waals surface area contributed by atoms with Crippen molar-refractivity contribution in [1.29, 1.82) is 0 Å². The summed E-state index contributed by atoms with van der Waals surface area (Å²) in [6.45, 7) is 6.58. The lowest BCUT2D eigenvalue weighted by molar-refractivity contribution is -0.169. The second-order valence-electron chi connectivity index (χ2n) is 6.83. The molecule has 1 aliphatic carbocycles. The molecule has 0 aromatic rings. The summed E-state index contributed by atoms with van der Waals surface area (Å²) in [6.07, 6.45) is 5.54. The molecule has 4 atom stereocenters. The summed E-state index contributed by atoms with van der Waals surface area (Å²) in [6, 6.07) is 0. The Kier molecular flexibility index (Phi) is 7.24. The van der Waals surface area contributed by atoms with Gasteiger partial charge in [0.25, 0.3) is 0 Å². The van der Waals surface area contributed by atoms with E-state index in [0.717, 1.165) is 19.3 Å². The summed E-state index contributed by atoms with van der Waals surface area (Å²) in [5, 5.41) is 30.8. The minimum Gasteiger partial charge on any atom is -0.458 e. The number of hydrogen-bond donors (Lipinski definition) is 3. The molecule has 3 N–H and O–H groups in total. The Morgan fingerprint density at radius 1 is 1.30 bits per heavy atom. The summed E-state index contributed by atoms with van der Waals surface area (Å²) in [4.78, 5) is 11.4. The minimum atomic E-state index is -1.49. The van der Waals surface area contributed by atoms with E-state index >= 15 is 0 Å². The molecule has 0 fully saturated rings. The van der Waals surface area contributed by atoms with Crippen LogP contribution in [-0.2, 0) is 9.53 Å². The van der Waals surface area contributed by atoms with Gasteiger partial charge < -0.3 is 20.1 Å². The lowest BCUT2D eigenvalue weighted by Crippen LogP contribution is -2.60. The maximum Gasteiger partial charge on any atom is 0.303 e. The van der Waals surface area contributed by atoms with Crippen molar-refractivity contribution in [2.75, 3.05) is 13.2 Å². The molecule has 0 radical (unpaired) electrons. The fourth-order valence-electron chi connectivity index (χ4n) is 4.08. The normalized spacial score (nSPS) is 34.1. The molecule has 0 saturated carbocycles. The van der Waals surface area contributed by atoms with Crippen LogP contribution < -0.4 is 0 Å². The first-order valence-corrected chi connectivity index (χ1v) is 8.63. The highest BCUT2D eigenvalue weighted by atomic mass is 16.5. The van der Waals surface area contributed by atoms with E-state index in [2.05, 4.69) is 6.92 Å². The van der Waals surface area contributed by atoms with Crippen molar-refractivity contribution in [3.63, 3.8) is 0 Å². The Bertz CT molecular complexity index is 433. The van der Waals surface area contributed by atoms with Gasteiger partial charge in [-0.3, -0.25) is 4.79 Å². The number of esters is 1. The van der Waals surface area contributed by atoms with Crippen LogP contribution in [0.2, 0.25) is 0 Å². The lowest BCUT2D eigenvalue weighted by Gasteiger charge is -2.54. The molecule has 0 bridgehead atoms. The zero-order valence-corrected chi connectivity index (χ0v) is 14.8. The molecule has 0 amide bonds. The quantitative estimate of drug-likeness (QED) is 0.361. The van der Waals surface area contributed by atoms with Gasteiger partial charge >= 0.3 is 5.97 Å². The number of carbonyl (C=O) groups excluding carboxylic acids is 1. The molecule has 134 valence electrons. The molecular weight excluding hydrogens is 296 g/mol. The standard InChI is InChI=1S/C18H32O5/c1-5-7-8-9-17(4)15(6-2)16(23-13(3)21)10-14(11-19)18(17,22)12-20/h10,15-16,19-20,22H,5-9,11-12H2,1-4H3/t15?,16-,17+,18+/m1/s1. The number of unbranched alkanes of at least 4 members (excludes halogenated alkanes) is 2. The van der Waals surface area contributed by atoms with E-state index in [4.69, 9.17) is 4.74 Å². The van der Waals surface area contributed by atoms with Crippen molar-refractivity contribution in [3.05, 3.63) is 11.6 Å². The van der Waals surface area contributed by atoms with E-state index in [1.165, 1.54) is 6.92 Å². The first-order valence-electron chi connectivity index (χ1n) is 8.63. The molecule has 0 saturated heterocycles. The molecule has 0 aromatic heterocycles. The van der Waals surface area contributed by atoms with E-state index in [1.807, 2.05) is 13.8 Å². The number of ether oxygens (including phenoxy) is 1. The molecule has 0 aliphatic heterocycles. The van der Waals surface area contributed by atoms with Gasteiger partial charge in [-0.25, -0.2) is 0 Å². The van der Waals surface area contributed by atoms with Crippen LogP contribution in [0.4, 0.5) is 0 Å². The second-order valence-corrected chi connectivity index (χ2v) is 6.83. The van der Waals surface area contributed by atoms with Gasteiger partial charge in [-0.15, -0.1) is 0 Å². The molecular formula is C18H32O5. The van der Waals surface area contributed by atoms with Gasteiger partial charge in [-0.2, -0.15) is 0 Å². The number of aliphatic hydroxyl groups excluding tert-OH is 2. The van der Waals surface area contributed by atoms with E-state index in [9.17, 15) is 20.1 Å². The predicted octanol–water partition coefficient (Wildman–Crippen LogP) is 2.19. The van der Waals surface area contributed by atoms with Crippen molar-refractivity contribution in [2.24, 2.45) is 11.3 Å². The average Bonchev–Trinajstić information content (AvgIpc) is 2.50. The molecule has 23 heavy (non-hydrogen) atoms. The SMILES string of the molecule is CCCCC[C@@]1(C)C(CC)[C@H](OC(C)=O)C=C(CO)[C@@]1(O)CO. The molecule has 1 unspecified atom stereocenters. The molecule has 0 aromatic carbocycles. The zero-order valence-electron chi connectivity index (χ0n) is 14.8. The molecule has 5 heteroatoms. The third-order valence-corrected chi connectivity index (χ3v) is 5.50. The van der Waals surface area contributed by atoms with E-state index in [1.54, 1.807) is 6.08 Å². The van der Waals surface area contributed by atoms with E-state index in [0.29, 0.717) is 18.4 Å². The van der Waals surface area contributed by atoms with Crippen LogP contribution in [0, 0.1) is 11.3 Å². The van der Waals surface area contributed by atoms with Gasteiger partial charge in [0.1, 0.15) is 11.7 Å². The second kappa shape index (κ2) is 8.27. The van der Waals surface area contributed by atoms with Crippen molar-refractivity contribution >= 4 is 5.97 Å². The predicted molar refractivity (Wildman–Crippen MR) is 88.8 cm³/mol. The van der Waals surface area contributed by atoms with Crippen LogP contribution in [0.5, 0.6) is 0 Å². The van der Waals surface area contributed by atoms with E-state index < -0.39 is 23.7 Å². The van der Waals surface area contributed by atoms with Gasteiger partial charge in [-0.05, 0) is 24.5 Å². The lowest BCUT2D eigenvalue weighted by atomic mass is 9.55. The fourth-order valence-corrected chi connectivity index (χ4v) is 4.08. The van der Waals surface area contributed by atoms with Gasteiger partial charge in [0.15, 0.2) is 0 Å². The van der Waals surface area contributed by atoms with Crippen LogP contribution >= 0.6 is 0 Å². The molecule has 1 rings (SSSR count). The maximum atomic E-state index is 11.4. The Labute approximate surface area is 139 Å². The smallest absolute Gasteiger partial charge is 0.303 e. The van der Waals surface area contributed by atoms with Crippen LogP contribution in [0.3, 0.4) is 0 Å². The van der Waals surface area contributed by atoms with E-state index in [-0.39, 0.29) is 18.5 Å². The summed E-state index contributed by atoms with van der Waals surface area (Å²) < 4.78 is 5.45. The molecule has 0 spiro atoms. The van der Waals surface area contributed by atoms with Crippen LogP contribution in [0.15, 0.2) is 11.6 Å². The highest BCUT2D eigenvalue weighted by Crippen LogP contribution is 2.53. The van der Waals surface area contributed by atoms with Crippen molar-refractivity contribution < 1.29 is 24.9 Å². The molecule has 0 heterocycles. The first kappa shape index (κ1) is 20.1. The summed E-state index contributed by atoms with van der Waals surface area (Å²) in [5.74, 6) is -0.497. The Hall–Kier alpha value is -0.910.